The molecule has 0 aromatic rings. The lowest BCUT2D eigenvalue weighted by Crippen LogP contribution is -2.66. The van der Waals surface area contributed by atoms with Gasteiger partial charge in [-0.2, -0.15) is 0 Å². The topological polar surface area (TPSA) is 54.4 Å². The molecule has 0 radical (unpaired) electrons. The molecule has 3 heteroatoms. The Hall–Kier alpha value is -1.12. The Kier molecular flexibility index (Phi) is 4.83. The minimum Gasteiger partial charge on any atom is -0.481 e. The second-order valence-corrected chi connectivity index (χ2v) is 14.9. The van der Waals surface area contributed by atoms with Gasteiger partial charge in [-0.05, 0) is 97.2 Å². The lowest BCUT2D eigenvalue weighted by molar-refractivity contribution is -0.200. The highest BCUT2D eigenvalue weighted by molar-refractivity contribution is 5.86. The minimum absolute atomic E-state index is 0.0292. The van der Waals surface area contributed by atoms with Crippen LogP contribution in [0.2, 0.25) is 0 Å². The molecule has 3 nitrogen and oxygen atoms in total. The van der Waals surface area contributed by atoms with E-state index in [0.717, 1.165) is 44.9 Å². The van der Waals surface area contributed by atoms with Gasteiger partial charge in [0.05, 0.1) is 5.41 Å². The van der Waals surface area contributed by atoms with Crippen molar-refractivity contribution in [2.45, 2.75) is 113 Å². The molecule has 0 amide bonds. The van der Waals surface area contributed by atoms with Crippen molar-refractivity contribution in [3.63, 3.8) is 0 Å². The normalized spacial score (nSPS) is 50.2. The number of carboxylic acid groups (broad SMARTS) is 1. The van der Waals surface area contributed by atoms with E-state index in [2.05, 4.69) is 54.5 Å². The highest BCUT2D eigenvalue weighted by Crippen LogP contribution is 2.75. The maximum absolute atomic E-state index is 13.5. The van der Waals surface area contributed by atoms with Gasteiger partial charge in [-0.15, -0.1) is 0 Å². The number of fused-ring (bicyclic) bond motifs is 7. The summed E-state index contributed by atoms with van der Waals surface area (Å²) in [5.41, 5.74) is 0.560. The van der Waals surface area contributed by atoms with Crippen LogP contribution >= 0.6 is 0 Å². The summed E-state index contributed by atoms with van der Waals surface area (Å²) in [5.74, 6) is 0.911. The number of Topliss-reactive ketones (excluding diaryl/α,β-unsaturated/α-hetero) is 1. The van der Waals surface area contributed by atoms with Crippen molar-refractivity contribution < 1.29 is 14.7 Å². The molecular formula is C30H46O3. The lowest BCUT2D eigenvalue weighted by atomic mass is 9.33. The van der Waals surface area contributed by atoms with Gasteiger partial charge in [0.2, 0.25) is 0 Å². The SMILES string of the molecule is CC1(C)CC[C@]2(C)CC[C@]3(C(=O)O)C(=CCC4[C@@]5(C)CCC(=O)C(C)(C)C5CC[C@]43C)C2C1. The van der Waals surface area contributed by atoms with E-state index in [9.17, 15) is 14.7 Å². The molecule has 33 heavy (non-hydrogen) atoms. The summed E-state index contributed by atoms with van der Waals surface area (Å²) in [7, 11) is 0. The number of hydrogen-bond donors (Lipinski definition) is 1. The third-order valence-corrected chi connectivity index (χ3v) is 12.6. The number of carbonyl (C=O) groups excluding carboxylic acids is 1. The fourth-order valence-corrected chi connectivity index (χ4v) is 10.4. The largest absolute Gasteiger partial charge is 0.481 e. The van der Waals surface area contributed by atoms with Crippen LogP contribution in [0.1, 0.15) is 113 Å². The number of aliphatic carboxylic acids is 1. The van der Waals surface area contributed by atoms with Crippen LogP contribution in [0, 0.1) is 50.2 Å². The van der Waals surface area contributed by atoms with Gasteiger partial charge in [0, 0.05) is 11.8 Å². The first-order valence-electron chi connectivity index (χ1n) is 13.6. The molecule has 7 atom stereocenters. The van der Waals surface area contributed by atoms with Crippen LogP contribution in [0.4, 0.5) is 0 Å². The smallest absolute Gasteiger partial charge is 0.314 e. The third kappa shape index (κ3) is 2.80. The summed E-state index contributed by atoms with van der Waals surface area (Å²) in [6.07, 6.45) is 12.3. The molecule has 5 rings (SSSR count). The standard InChI is InChI=1S/C30H46O3/c1-25(2)14-15-27(5)16-17-30(24(32)33)19(20(27)18-25)8-9-22-28(6)12-11-23(31)26(3,4)21(28)10-13-29(22,30)7/h8,20-22H,9-18H2,1-7H3,(H,32,33)/t20?,21?,22?,27-,28+,29-,30-/m1/s1. The fourth-order valence-electron chi connectivity index (χ4n) is 10.4. The van der Waals surface area contributed by atoms with Crippen molar-refractivity contribution >= 4 is 11.8 Å². The molecule has 0 aliphatic heterocycles. The summed E-state index contributed by atoms with van der Waals surface area (Å²) in [5, 5.41) is 11.1. The average molecular weight is 455 g/mol. The average Bonchev–Trinajstić information content (AvgIpc) is 2.71. The molecule has 0 aromatic carbocycles. The van der Waals surface area contributed by atoms with E-state index in [-0.39, 0.29) is 27.1 Å². The summed E-state index contributed by atoms with van der Waals surface area (Å²) in [6.45, 7) is 16.3. The van der Waals surface area contributed by atoms with Crippen LogP contribution in [0.25, 0.3) is 0 Å². The van der Waals surface area contributed by atoms with Crippen molar-refractivity contribution in [2.75, 3.05) is 0 Å². The first-order valence-corrected chi connectivity index (χ1v) is 13.6. The maximum atomic E-state index is 13.5. The first-order chi connectivity index (χ1) is 15.1. The van der Waals surface area contributed by atoms with Crippen LogP contribution in [-0.4, -0.2) is 16.9 Å². The van der Waals surface area contributed by atoms with E-state index in [4.69, 9.17) is 0 Å². The van der Waals surface area contributed by atoms with Gasteiger partial charge in [-0.1, -0.05) is 60.1 Å². The van der Waals surface area contributed by atoms with Crippen molar-refractivity contribution in [3.05, 3.63) is 11.6 Å². The monoisotopic (exact) mass is 454 g/mol. The summed E-state index contributed by atoms with van der Waals surface area (Å²) >= 11 is 0. The molecule has 184 valence electrons. The molecule has 1 N–H and O–H groups in total. The fraction of sp³-hybridized carbons (Fsp3) is 0.867. The predicted molar refractivity (Wildman–Crippen MR) is 132 cm³/mol. The quantitative estimate of drug-likeness (QED) is 0.419. The maximum Gasteiger partial charge on any atom is 0.314 e. The number of carbonyl (C=O) groups is 2. The first kappa shape index (κ1) is 23.6. The summed E-state index contributed by atoms with van der Waals surface area (Å²) in [6, 6.07) is 0. The molecule has 3 unspecified atom stereocenters. The number of carboxylic acids is 1. The Morgan fingerprint density at radius 1 is 0.909 bits per heavy atom. The third-order valence-electron chi connectivity index (χ3n) is 12.6. The van der Waals surface area contributed by atoms with Crippen molar-refractivity contribution in [1.29, 1.82) is 0 Å². The van der Waals surface area contributed by atoms with Crippen LogP contribution in [0.15, 0.2) is 11.6 Å². The van der Waals surface area contributed by atoms with E-state index in [1.165, 1.54) is 18.4 Å². The van der Waals surface area contributed by atoms with E-state index in [0.29, 0.717) is 30.0 Å². The Bertz CT molecular complexity index is 927. The van der Waals surface area contributed by atoms with Gasteiger partial charge in [0.1, 0.15) is 5.78 Å². The van der Waals surface area contributed by atoms with Gasteiger partial charge < -0.3 is 5.11 Å². The highest BCUT2D eigenvalue weighted by atomic mass is 16.4. The van der Waals surface area contributed by atoms with E-state index < -0.39 is 11.4 Å². The zero-order valence-corrected chi connectivity index (χ0v) is 22.1. The Morgan fingerprint density at radius 2 is 1.58 bits per heavy atom. The van der Waals surface area contributed by atoms with Crippen LogP contribution in [0.3, 0.4) is 0 Å². The van der Waals surface area contributed by atoms with Crippen molar-refractivity contribution in [3.8, 4) is 0 Å². The Morgan fingerprint density at radius 3 is 2.24 bits per heavy atom. The Balaban J connectivity index is 1.65. The molecule has 0 spiro atoms. The number of hydrogen-bond acceptors (Lipinski definition) is 2. The van der Waals surface area contributed by atoms with Gasteiger partial charge >= 0.3 is 5.97 Å². The predicted octanol–water partition coefficient (Wildman–Crippen LogP) is 7.44. The highest BCUT2D eigenvalue weighted by Gasteiger charge is 2.71. The zero-order valence-electron chi connectivity index (χ0n) is 22.1. The second-order valence-electron chi connectivity index (χ2n) is 14.9. The van der Waals surface area contributed by atoms with E-state index >= 15 is 0 Å². The Labute approximate surface area is 201 Å². The molecule has 0 heterocycles. The van der Waals surface area contributed by atoms with E-state index in [1.807, 2.05) is 0 Å². The van der Waals surface area contributed by atoms with Gasteiger partial charge in [-0.3, -0.25) is 9.59 Å². The zero-order chi connectivity index (χ0) is 24.2. The van der Waals surface area contributed by atoms with Gasteiger partial charge in [-0.25, -0.2) is 0 Å². The molecule has 0 bridgehead atoms. The van der Waals surface area contributed by atoms with Gasteiger partial charge in [0.25, 0.3) is 0 Å². The van der Waals surface area contributed by atoms with Crippen LogP contribution in [-0.2, 0) is 9.59 Å². The summed E-state index contributed by atoms with van der Waals surface area (Å²) in [4.78, 5) is 26.4. The molecule has 5 aliphatic carbocycles. The lowest BCUT2D eigenvalue weighted by Gasteiger charge is -2.70. The molecule has 4 fully saturated rings. The van der Waals surface area contributed by atoms with Crippen LogP contribution in [0.5, 0.6) is 0 Å². The van der Waals surface area contributed by atoms with Crippen LogP contribution < -0.4 is 0 Å². The minimum atomic E-state index is -0.743. The van der Waals surface area contributed by atoms with E-state index in [1.54, 1.807) is 0 Å². The molecule has 0 saturated heterocycles. The molecule has 0 aromatic heterocycles. The summed E-state index contributed by atoms with van der Waals surface area (Å²) < 4.78 is 0. The molecule has 5 aliphatic rings. The van der Waals surface area contributed by atoms with Crippen molar-refractivity contribution in [1.82, 2.24) is 0 Å². The molecular weight excluding hydrogens is 408 g/mol. The number of allylic oxidation sites excluding steroid dienone is 1. The number of rotatable bonds is 1. The van der Waals surface area contributed by atoms with Gasteiger partial charge in [0.15, 0.2) is 0 Å². The number of ketones is 1. The molecule has 4 saturated carbocycles. The van der Waals surface area contributed by atoms with Crippen molar-refractivity contribution in [2.24, 2.45) is 50.2 Å². The second kappa shape index (κ2) is 6.76.